The van der Waals surface area contributed by atoms with Crippen molar-refractivity contribution in [3.05, 3.63) is 65.1 Å². The third-order valence-corrected chi connectivity index (χ3v) is 7.41. The minimum absolute atomic E-state index is 0.00686. The number of nitrogens with one attached hydrogen (secondary N) is 1. The summed E-state index contributed by atoms with van der Waals surface area (Å²) in [5.74, 6) is 0.721. The van der Waals surface area contributed by atoms with Gasteiger partial charge in [0.05, 0.1) is 11.6 Å². The van der Waals surface area contributed by atoms with Gasteiger partial charge in [0, 0.05) is 38.5 Å². The van der Waals surface area contributed by atoms with Gasteiger partial charge in [-0.15, -0.1) is 0 Å². The molecule has 9 heteroatoms. The molecule has 0 bridgehead atoms. The first-order valence-electron chi connectivity index (χ1n) is 13.0. The summed E-state index contributed by atoms with van der Waals surface area (Å²) in [4.78, 5) is 33.7. The number of carbonyl (C=O) groups excluding carboxylic acids is 2. The monoisotopic (exact) mass is 490 g/mol. The van der Waals surface area contributed by atoms with Gasteiger partial charge in [0.15, 0.2) is 5.82 Å². The lowest BCUT2D eigenvalue weighted by Crippen LogP contribution is -2.47. The van der Waals surface area contributed by atoms with Crippen LogP contribution < -0.4 is 5.32 Å². The Morgan fingerprint density at radius 1 is 1.14 bits per heavy atom. The molecule has 5 rings (SSSR count). The molecular formula is C27H34N6O3. The van der Waals surface area contributed by atoms with Crippen LogP contribution in [0.5, 0.6) is 0 Å². The maximum absolute atomic E-state index is 13.8. The van der Waals surface area contributed by atoms with Crippen LogP contribution in [0.25, 0.3) is 0 Å². The van der Waals surface area contributed by atoms with Gasteiger partial charge in [-0.05, 0) is 44.2 Å². The Balaban J connectivity index is 1.41. The average molecular weight is 491 g/mol. The van der Waals surface area contributed by atoms with E-state index in [1.165, 1.54) is 0 Å². The molecule has 36 heavy (non-hydrogen) atoms. The topological polar surface area (TPSA) is 106 Å². The number of hydrogen-bond acceptors (Lipinski definition) is 6. The van der Waals surface area contributed by atoms with Gasteiger partial charge in [0.25, 0.3) is 5.91 Å². The highest BCUT2D eigenvalue weighted by Gasteiger charge is 2.46. The smallest absolute Gasteiger partial charge is 0.272 e. The van der Waals surface area contributed by atoms with E-state index in [2.05, 4.69) is 20.6 Å². The number of aryl methyl sites for hydroxylation is 2. The number of rotatable bonds is 4. The van der Waals surface area contributed by atoms with Crippen LogP contribution in [-0.4, -0.2) is 55.8 Å². The van der Waals surface area contributed by atoms with E-state index in [1.807, 2.05) is 48.2 Å². The fourth-order valence-electron chi connectivity index (χ4n) is 5.61. The summed E-state index contributed by atoms with van der Waals surface area (Å²) < 4.78 is 7.32. The number of amides is 2. The summed E-state index contributed by atoms with van der Waals surface area (Å²) in [5.41, 5.74) is 2.46. The van der Waals surface area contributed by atoms with Gasteiger partial charge in [-0.25, -0.2) is 0 Å². The maximum atomic E-state index is 13.8. The second-order valence-corrected chi connectivity index (χ2v) is 10.1. The van der Waals surface area contributed by atoms with Crippen molar-refractivity contribution in [1.29, 1.82) is 0 Å². The minimum Gasteiger partial charge on any atom is -0.356 e. The zero-order valence-electron chi connectivity index (χ0n) is 21.0. The number of aromatic nitrogens is 4. The van der Waals surface area contributed by atoms with Gasteiger partial charge in [0.2, 0.25) is 11.8 Å². The quantitative estimate of drug-likeness (QED) is 0.601. The molecule has 3 aromatic rings. The van der Waals surface area contributed by atoms with Gasteiger partial charge < -0.3 is 14.7 Å². The Bertz CT molecular complexity index is 1200. The van der Waals surface area contributed by atoms with Crippen LogP contribution in [0.4, 0.5) is 0 Å². The van der Waals surface area contributed by atoms with Crippen molar-refractivity contribution >= 4 is 11.8 Å². The first-order chi connectivity index (χ1) is 17.5. The highest BCUT2D eigenvalue weighted by molar-refractivity contribution is 5.93. The second kappa shape index (κ2) is 10.6. The molecule has 190 valence electrons. The maximum Gasteiger partial charge on any atom is 0.272 e. The van der Waals surface area contributed by atoms with Crippen molar-refractivity contribution in [3.63, 3.8) is 0 Å². The summed E-state index contributed by atoms with van der Waals surface area (Å²) in [5, 5.41) is 11.7. The van der Waals surface area contributed by atoms with E-state index in [0.717, 1.165) is 36.9 Å². The van der Waals surface area contributed by atoms with Crippen molar-refractivity contribution < 1.29 is 14.1 Å². The van der Waals surface area contributed by atoms with Crippen molar-refractivity contribution in [2.75, 3.05) is 13.1 Å². The highest BCUT2D eigenvalue weighted by Crippen LogP contribution is 2.41. The normalized spacial score (nSPS) is 23.1. The molecule has 1 N–H and O–H groups in total. The van der Waals surface area contributed by atoms with Crippen LogP contribution in [0.15, 0.2) is 40.9 Å². The molecule has 3 atom stereocenters. The Labute approximate surface area is 211 Å². The van der Waals surface area contributed by atoms with Crippen molar-refractivity contribution in [2.45, 2.75) is 63.8 Å². The Kier molecular flexibility index (Phi) is 7.16. The van der Waals surface area contributed by atoms with Crippen LogP contribution >= 0.6 is 0 Å². The molecular weight excluding hydrogens is 456 g/mol. The number of hydrogen-bond donors (Lipinski definition) is 1. The van der Waals surface area contributed by atoms with Gasteiger partial charge in [-0.1, -0.05) is 48.3 Å². The average Bonchev–Trinajstić information content (AvgIpc) is 3.59. The summed E-state index contributed by atoms with van der Waals surface area (Å²) in [7, 11) is 1.79. The van der Waals surface area contributed by atoms with Gasteiger partial charge >= 0.3 is 0 Å². The minimum atomic E-state index is -0.323. The summed E-state index contributed by atoms with van der Waals surface area (Å²) in [6, 6.07) is 11.6. The van der Waals surface area contributed by atoms with Crippen LogP contribution in [0.3, 0.4) is 0 Å². The van der Waals surface area contributed by atoms with E-state index < -0.39 is 0 Å². The number of fused-ring (bicyclic) bond motifs is 1. The third kappa shape index (κ3) is 5.20. The lowest BCUT2D eigenvalue weighted by Gasteiger charge is -2.32. The molecule has 0 spiro atoms. The summed E-state index contributed by atoms with van der Waals surface area (Å²) in [6.45, 7) is 3.17. The molecule has 2 amide bonds. The van der Waals surface area contributed by atoms with Crippen LogP contribution in [-0.2, 0) is 18.3 Å². The molecule has 0 radical (unpaired) electrons. The van der Waals surface area contributed by atoms with Gasteiger partial charge in [-0.3, -0.25) is 14.3 Å². The van der Waals surface area contributed by atoms with Gasteiger partial charge in [-0.2, -0.15) is 10.1 Å². The zero-order chi connectivity index (χ0) is 25.1. The van der Waals surface area contributed by atoms with Crippen molar-refractivity contribution in [3.8, 4) is 0 Å². The zero-order valence-corrected chi connectivity index (χ0v) is 21.0. The summed E-state index contributed by atoms with van der Waals surface area (Å²) in [6.07, 6.45) is 5.72. The largest absolute Gasteiger partial charge is 0.356 e. The molecule has 2 aromatic heterocycles. The van der Waals surface area contributed by atoms with E-state index in [-0.39, 0.29) is 29.7 Å². The van der Waals surface area contributed by atoms with Crippen LogP contribution in [0.2, 0.25) is 0 Å². The fourth-order valence-corrected chi connectivity index (χ4v) is 5.61. The molecule has 1 saturated carbocycles. The molecule has 1 aromatic carbocycles. The molecule has 9 nitrogen and oxygen atoms in total. The first kappa shape index (κ1) is 24.2. The van der Waals surface area contributed by atoms with E-state index >= 15 is 0 Å². The lowest BCUT2D eigenvalue weighted by molar-refractivity contribution is -0.126. The molecule has 1 aliphatic heterocycles. The lowest BCUT2D eigenvalue weighted by atomic mass is 10.00. The number of nitrogens with zero attached hydrogens (tertiary/aromatic N) is 5. The number of carbonyl (C=O) groups is 2. The highest BCUT2D eigenvalue weighted by atomic mass is 16.5. The van der Waals surface area contributed by atoms with Crippen LogP contribution in [0, 0.1) is 12.8 Å². The predicted octanol–water partition coefficient (Wildman–Crippen LogP) is 3.40. The molecule has 0 unspecified atom stereocenters. The van der Waals surface area contributed by atoms with E-state index in [1.54, 1.807) is 11.7 Å². The fraction of sp³-hybridized carbons (Fsp3) is 0.519. The molecule has 2 aliphatic rings. The van der Waals surface area contributed by atoms with Crippen molar-refractivity contribution in [2.24, 2.45) is 13.0 Å². The molecule has 2 fully saturated rings. The summed E-state index contributed by atoms with van der Waals surface area (Å²) >= 11 is 0. The Morgan fingerprint density at radius 2 is 1.94 bits per heavy atom. The van der Waals surface area contributed by atoms with E-state index in [4.69, 9.17) is 4.52 Å². The molecule has 1 aliphatic carbocycles. The Hall–Kier alpha value is -3.49. The SMILES string of the molecule is Cc1cc(C(=O)N2CCCCCCNC(=O)[C@@H]3C[C@@H](c4nc(Cc5ccccc5)no4)C[C@@H]32)n(C)n1. The predicted molar refractivity (Wildman–Crippen MR) is 133 cm³/mol. The van der Waals surface area contributed by atoms with Gasteiger partial charge in [0.1, 0.15) is 5.69 Å². The second-order valence-electron chi connectivity index (χ2n) is 10.1. The third-order valence-electron chi connectivity index (χ3n) is 7.41. The van der Waals surface area contributed by atoms with E-state index in [9.17, 15) is 9.59 Å². The number of benzene rings is 1. The molecule has 1 saturated heterocycles. The standard InChI is InChI=1S/C27H34N6O3/c1-18-14-23(32(2)30-18)27(35)33-13-9-4-3-8-12-28-25(34)21-16-20(17-22(21)33)26-29-24(31-36-26)15-19-10-6-5-7-11-19/h5-7,10-11,14,20-22H,3-4,8-9,12-13,15-17H2,1-2H3,(H,28,34)/t20-,21-,22+/m1/s1. The molecule has 3 heterocycles. The van der Waals surface area contributed by atoms with Crippen molar-refractivity contribution in [1.82, 2.24) is 30.1 Å². The van der Waals surface area contributed by atoms with E-state index in [0.29, 0.717) is 49.8 Å². The Morgan fingerprint density at radius 3 is 2.72 bits per heavy atom. The van der Waals surface area contributed by atoms with Crippen LogP contribution in [0.1, 0.15) is 77.9 Å². The first-order valence-corrected chi connectivity index (χ1v) is 13.0.